The molecule has 104 valence electrons. The molecular weight excluding hydrogens is 241 g/mol. The Kier molecular flexibility index (Phi) is 5.03. The topological polar surface area (TPSA) is 27.0 Å². The Morgan fingerprint density at radius 3 is 2.56 bits per heavy atom. The van der Waals surface area contributed by atoms with Crippen LogP contribution in [0.15, 0.2) is 0 Å². The standard InChI is InChI=1S/C13H21F3N2/c1-12(2,10-17)6-4-8-18-7-3-5-11(9-18)13(14,15)16/h11H,3-9H2,1-2H3. The zero-order valence-electron chi connectivity index (χ0n) is 11.1. The summed E-state index contributed by atoms with van der Waals surface area (Å²) in [6, 6.07) is 2.21. The summed E-state index contributed by atoms with van der Waals surface area (Å²) in [5.74, 6) is -1.17. The summed E-state index contributed by atoms with van der Waals surface area (Å²) in [6.45, 7) is 5.26. The molecule has 0 radical (unpaired) electrons. The maximum absolute atomic E-state index is 12.6. The largest absolute Gasteiger partial charge is 0.393 e. The van der Waals surface area contributed by atoms with Crippen LogP contribution in [0.5, 0.6) is 0 Å². The van der Waals surface area contributed by atoms with Crippen LogP contribution in [0.25, 0.3) is 0 Å². The first-order chi connectivity index (χ1) is 8.24. The molecule has 1 aliphatic heterocycles. The Bertz CT molecular complexity index is 304. The normalized spacial score (nSPS) is 22.8. The fraction of sp³-hybridized carbons (Fsp3) is 0.923. The third-order valence-electron chi connectivity index (χ3n) is 3.55. The fourth-order valence-electron chi connectivity index (χ4n) is 2.33. The molecule has 1 unspecified atom stereocenters. The second kappa shape index (κ2) is 5.92. The van der Waals surface area contributed by atoms with Crippen molar-refractivity contribution in [2.45, 2.75) is 45.7 Å². The Labute approximate surface area is 107 Å². The number of piperidine rings is 1. The second-order valence-electron chi connectivity index (χ2n) is 5.78. The van der Waals surface area contributed by atoms with Gasteiger partial charge in [0.1, 0.15) is 0 Å². The molecule has 1 aliphatic rings. The molecular formula is C13H21F3N2. The van der Waals surface area contributed by atoms with E-state index in [1.807, 2.05) is 18.7 Å². The average Bonchev–Trinajstić information content (AvgIpc) is 2.28. The first kappa shape index (κ1) is 15.3. The summed E-state index contributed by atoms with van der Waals surface area (Å²) >= 11 is 0. The van der Waals surface area contributed by atoms with Gasteiger partial charge < -0.3 is 4.90 Å². The van der Waals surface area contributed by atoms with Gasteiger partial charge in [-0.3, -0.25) is 0 Å². The van der Waals surface area contributed by atoms with E-state index in [4.69, 9.17) is 5.26 Å². The summed E-state index contributed by atoms with van der Waals surface area (Å²) < 4.78 is 37.8. The molecule has 1 heterocycles. The highest BCUT2D eigenvalue weighted by atomic mass is 19.4. The molecule has 0 aromatic rings. The highest BCUT2D eigenvalue weighted by Gasteiger charge is 2.41. The molecule has 1 saturated heterocycles. The van der Waals surface area contributed by atoms with E-state index in [9.17, 15) is 13.2 Å². The number of alkyl halides is 3. The Morgan fingerprint density at radius 2 is 2.00 bits per heavy atom. The van der Waals surface area contributed by atoms with Gasteiger partial charge in [-0.1, -0.05) is 0 Å². The van der Waals surface area contributed by atoms with E-state index < -0.39 is 12.1 Å². The van der Waals surface area contributed by atoms with Crippen LogP contribution < -0.4 is 0 Å². The maximum atomic E-state index is 12.6. The van der Waals surface area contributed by atoms with Gasteiger partial charge in [0.2, 0.25) is 0 Å². The van der Waals surface area contributed by atoms with Gasteiger partial charge >= 0.3 is 6.18 Å². The van der Waals surface area contributed by atoms with Crippen LogP contribution in [0, 0.1) is 22.7 Å². The van der Waals surface area contributed by atoms with Gasteiger partial charge in [-0.2, -0.15) is 18.4 Å². The molecule has 0 saturated carbocycles. The van der Waals surface area contributed by atoms with Crippen LogP contribution in [-0.2, 0) is 0 Å². The predicted molar refractivity (Wildman–Crippen MR) is 63.8 cm³/mol. The summed E-state index contributed by atoms with van der Waals surface area (Å²) in [4.78, 5) is 1.88. The molecule has 0 aliphatic carbocycles. The minimum absolute atomic E-state index is 0.122. The lowest BCUT2D eigenvalue weighted by Crippen LogP contribution is -2.42. The molecule has 18 heavy (non-hydrogen) atoms. The maximum Gasteiger partial charge on any atom is 0.393 e. The molecule has 0 spiro atoms. The number of nitrogens with zero attached hydrogens (tertiary/aromatic N) is 2. The van der Waals surface area contributed by atoms with E-state index in [2.05, 4.69) is 6.07 Å². The van der Waals surface area contributed by atoms with Gasteiger partial charge in [-0.25, -0.2) is 0 Å². The monoisotopic (exact) mass is 262 g/mol. The second-order valence-corrected chi connectivity index (χ2v) is 5.78. The summed E-state index contributed by atoms with van der Waals surface area (Å²) in [5.41, 5.74) is -0.376. The molecule has 0 aromatic heterocycles. The van der Waals surface area contributed by atoms with Crippen molar-refractivity contribution in [2.24, 2.45) is 11.3 Å². The quantitative estimate of drug-likeness (QED) is 0.774. The third kappa shape index (κ3) is 4.85. The first-order valence-corrected chi connectivity index (χ1v) is 6.45. The number of hydrogen-bond acceptors (Lipinski definition) is 2. The van der Waals surface area contributed by atoms with Gasteiger partial charge in [-0.05, 0) is 52.6 Å². The first-order valence-electron chi connectivity index (χ1n) is 6.45. The molecule has 0 amide bonds. The lowest BCUT2D eigenvalue weighted by molar-refractivity contribution is -0.186. The minimum atomic E-state index is -4.06. The zero-order chi connectivity index (χ0) is 13.8. The SMILES string of the molecule is CC(C)(C#N)CCCN1CCCC(C(F)(F)F)C1. The van der Waals surface area contributed by atoms with Gasteiger partial charge in [0.15, 0.2) is 0 Å². The average molecular weight is 262 g/mol. The number of halogens is 3. The highest BCUT2D eigenvalue weighted by molar-refractivity contribution is 4.91. The van der Waals surface area contributed by atoms with E-state index in [1.165, 1.54) is 0 Å². The lowest BCUT2D eigenvalue weighted by atomic mass is 9.89. The van der Waals surface area contributed by atoms with Crippen LogP contribution in [0.2, 0.25) is 0 Å². The highest BCUT2D eigenvalue weighted by Crippen LogP contribution is 2.33. The molecule has 5 heteroatoms. The summed E-state index contributed by atoms with van der Waals surface area (Å²) in [5, 5.41) is 8.87. The van der Waals surface area contributed by atoms with Crippen molar-refractivity contribution in [1.82, 2.24) is 4.90 Å². The number of likely N-dealkylation sites (tertiary alicyclic amines) is 1. The van der Waals surface area contributed by atoms with Crippen molar-refractivity contribution < 1.29 is 13.2 Å². The third-order valence-corrected chi connectivity index (χ3v) is 3.55. The van der Waals surface area contributed by atoms with Crippen LogP contribution >= 0.6 is 0 Å². The smallest absolute Gasteiger partial charge is 0.303 e. The van der Waals surface area contributed by atoms with E-state index in [0.29, 0.717) is 13.0 Å². The Hall–Kier alpha value is -0.760. The van der Waals surface area contributed by atoms with Crippen LogP contribution in [0.4, 0.5) is 13.2 Å². The van der Waals surface area contributed by atoms with Crippen molar-refractivity contribution in [3.8, 4) is 6.07 Å². The van der Waals surface area contributed by atoms with E-state index in [0.717, 1.165) is 19.4 Å². The molecule has 1 rings (SSSR count). The molecule has 0 aromatic carbocycles. The summed E-state index contributed by atoms with van der Waals surface area (Å²) in [6.07, 6.45) is -1.68. The van der Waals surface area contributed by atoms with Crippen LogP contribution in [0.1, 0.15) is 39.5 Å². The van der Waals surface area contributed by atoms with Crippen molar-refractivity contribution in [3.63, 3.8) is 0 Å². The van der Waals surface area contributed by atoms with E-state index >= 15 is 0 Å². The predicted octanol–water partition coefficient (Wildman–Crippen LogP) is 3.59. The molecule has 1 atom stereocenters. The molecule has 2 nitrogen and oxygen atoms in total. The Morgan fingerprint density at radius 1 is 1.33 bits per heavy atom. The van der Waals surface area contributed by atoms with Crippen LogP contribution in [0.3, 0.4) is 0 Å². The number of nitriles is 1. The lowest BCUT2D eigenvalue weighted by Gasteiger charge is -2.34. The molecule has 0 bridgehead atoms. The van der Waals surface area contributed by atoms with Gasteiger partial charge in [0.05, 0.1) is 17.4 Å². The van der Waals surface area contributed by atoms with Gasteiger partial charge in [0.25, 0.3) is 0 Å². The number of hydrogen-bond donors (Lipinski definition) is 0. The molecule has 1 fully saturated rings. The van der Waals surface area contributed by atoms with Crippen molar-refractivity contribution in [1.29, 1.82) is 5.26 Å². The Balaban J connectivity index is 2.34. The van der Waals surface area contributed by atoms with E-state index in [1.54, 1.807) is 0 Å². The van der Waals surface area contributed by atoms with Gasteiger partial charge in [-0.15, -0.1) is 0 Å². The van der Waals surface area contributed by atoms with Crippen molar-refractivity contribution in [3.05, 3.63) is 0 Å². The minimum Gasteiger partial charge on any atom is -0.303 e. The zero-order valence-corrected chi connectivity index (χ0v) is 11.1. The summed E-state index contributed by atoms with van der Waals surface area (Å²) in [7, 11) is 0. The molecule has 0 N–H and O–H groups in total. The van der Waals surface area contributed by atoms with Crippen molar-refractivity contribution in [2.75, 3.05) is 19.6 Å². The number of rotatable bonds is 4. The van der Waals surface area contributed by atoms with Crippen molar-refractivity contribution >= 4 is 0 Å². The van der Waals surface area contributed by atoms with E-state index in [-0.39, 0.29) is 18.4 Å². The van der Waals surface area contributed by atoms with Gasteiger partial charge in [0, 0.05) is 6.54 Å². The fourth-order valence-corrected chi connectivity index (χ4v) is 2.33. The van der Waals surface area contributed by atoms with Crippen LogP contribution in [-0.4, -0.2) is 30.7 Å².